The van der Waals surface area contributed by atoms with Crippen molar-refractivity contribution in [2.24, 2.45) is 34.5 Å². The van der Waals surface area contributed by atoms with Crippen LogP contribution in [0, 0.1) is 34.5 Å². The molecule has 0 radical (unpaired) electrons. The smallest absolute Gasteiger partial charge is 0.349 e. The van der Waals surface area contributed by atoms with E-state index in [4.69, 9.17) is 0 Å². The maximum Gasteiger partial charge on any atom is 0.398 e. The topological polar surface area (TPSA) is 46.2 Å². The van der Waals surface area contributed by atoms with Gasteiger partial charge in [0.05, 0.1) is 5.41 Å². The van der Waals surface area contributed by atoms with Gasteiger partial charge in [0.2, 0.25) is 5.91 Å². The molecule has 3 fully saturated rings. The van der Waals surface area contributed by atoms with E-state index in [1.807, 2.05) is 0 Å². The number of nitrogens with one attached hydrogen (secondary N) is 1. The lowest BCUT2D eigenvalue weighted by atomic mass is 9.47. The molecule has 1 N–H and O–H groups in total. The molecule has 3 aliphatic carbocycles. The largest absolute Gasteiger partial charge is 0.398 e. The van der Waals surface area contributed by atoms with Crippen molar-refractivity contribution < 1.29 is 22.8 Å². The second kappa shape index (κ2) is 8.21. The molecule has 0 saturated heterocycles. The van der Waals surface area contributed by atoms with Crippen LogP contribution in [0.15, 0.2) is 42.5 Å². The standard InChI is InChI=1S/C29H36F3NO2/c1-26-15-13-21-19(9-12-24-27(21,2)16-14-25(35)33-24)20(26)10-11-22(26)23(34)17-28(3,29(30,31)32)18-7-5-4-6-8-18/h4-8,14,16,19-22,24H,9-13,15,17H2,1-3H3,(H,33,35)/t19-,20-,21-,22+,24?,26-,27+,28?/m0/s1. The number of hydrogen-bond donors (Lipinski definition) is 1. The highest BCUT2D eigenvalue weighted by atomic mass is 19.4. The van der Waals surface area contributed by atoms with Crippen molar-refractivity contribution in [2.45, 2.75) is 83.4 Å². The fraction of sp³-hybridized carbons (Fsp3) is 0.655. The Morgan fingerprint density at radius 2 is 1.74 bits per heavy atom. The summed E-state index contributed by atoms with van der Waals surface area (Å²) in [6.45, 7) is 5.60. The van der Waals surface area contributed by atoms with Crippen molar-refractivity contribution in [3.8, 4) is 0 Å². The van der Waals surface area contributed by atoms with Crippen LogP contribution in [0.3, 0.4) is 0 Å². The molecule has 8 atom stereocenters. The molecular formula is C29H36F3NO2. The number of Topliss-reactive ketones (excluding diaryl/α,β-unsaturated/α-hetero) is 1. The Hall–Kier alpha value is -2.11. The van der Waals surface area contributed by atoms with Crippen molar-refractivity contribution >= 4 is 11.7 Å². The van der Waals surface area contributed by atoms with Crippen molar-refractivity contribution in [1.29, 1.82) is 0 Å². The summed E-state index contributed by atoms with van der Waals surface area (Å²) in [5, 5.41) is 3.16. The van der Waals surface area contributed by atoms with Gasteiger partial charge in [0.15, 0.2) is 0 Å². The van der Waals surface area contributed by atoms with Crippen LogP contribution < -0.4 is 5.32 Å². The molecule has 0 bridgehead atoms. The number of fused-ring (bicyclic) bond motifs is 5. The van der Waals surface area contributed by atoms with Crippen molar-refractivity contribution in [3.63, 3.8) is 0 Å². The minimum absolute atomic E-state index is 0.0239. The highest BCUT2D eigenvalue weighted by Crippen LogP contribution is 2.65. The van der Waals surface area contributed by atoms with E-state index in [0.29, 0.717) is 24.2 Å². The summed E-state index contributed by atoms with van der Waals surface area (Å²) in [4.78, 5) is 25.6. The van der Waals surface area contributed by atoms with E-state index in [-0.39, 0.29) is 40.0 Å². The van der Waals surface area contributed by atoms with Gasteiger partial charge in [-0.15, -0.1) is 0 Å². The number of ketones is 1. The van der Waals surface area contributed by atoms with Gasteiger partial charge in [-0.25, -0.2) is 0 Å². The van der Waals surface area contributed by atoms with Gasteiger partial charge >= 0.3 is 6.18 Å². The first-order valence-corrected chi connectivity index (χ1v) is 13.0. The zero-order valence-electron chi connectivity index (χ0n) is 20.8. The number of benzene rings is 1. The molecule has 35 heavy (non-hydrogen) atoms. The van der Waals surface area contributed by atoms with Gasteiger partial charge < -0.3 is 5.32 Å². The molecule has 5 rings (SSSR count). The molecule has 6 heteroatoms. The Labute approximate surface area is 205 Å². The van der Waals surface area contributed by atoms with Gasteiger partial charge in [0.1, 0.15) is 5.78 Å². The van der Waals surface area contributed by atoms with Gasteiger partial charge in [0.25, 0.3) is 0 Å². The molecule has 2 unspecified atom stereocenters. The second-order valence-electron chi connectivity index (χ2n) is 12.2. The predicted octanol–water partition coefficient (Wildman–Crippen LogP) is 6.38. The molecule has 4 aliphatic rings. The quantitative estimate of drug-likeness (QED) is 0.536. The number of rotatable bonds is 4. The van der Waals surface area contributed by atoms with Crippen LogP contribution >= 0.6 is 0 Å². The van der Waals surface area contributed by atoms with Gasteiger partial charge in [0, 0.05) is 23.8 Å². The Balaban J connectivity index is 1.39. The Morgan fingerprint density at radius 1 is 1.03 bits per heavy atom. The summed E-state index contributed by atoms with van der Waals surface area (Å²) >= 11 is 0. The lowest BCUT2D eigenvalue weighted by Crippen LogP contribution is -2.59. The summed E-state index contributed by atoms with van der Waals surface area (Å²) < 4.78 is 43.0. The highest BCUT2D eigenvalue weighted by Gasteiger charge is 2.62. The second-order valence-corrected chi connectivity index (χ2v) is 12.2. The molecule has 0 aromatic heterocycles. The average molecular weight is 488 g/mol. The molecule has 1 heterocycles. The molecule has 0 spiro atoms. The number of halogens is 3. The Kier molecular flexibility index (Phi) is 5.76. The van der Waals surface area contributed by atoms with Crippen LogP contribution in [0.4, 0.5) is 13.2 Å². The lowest BCUT2D eigenvalue weighted by molar-refractivity contribution is -0.190. The van der Waals surface area contributed by atoms with Gasteiger partial charge in [-0.1, -0.05) is 50.3 Å². The van der Waals surface area contributed by atoms with E-state index in [0.717, 1.165) is 32.1 Å². The van der Waals surface area contributed by atoms with Crippen LogP contribution in [-0.2, 0) is 15.0 Å². The summed E-state index contributed by atoms with van der Waals surface area (Å²) in [7, 11) is 0. The zero-order valence-corrected chi connectivity index (χ0v) is 20.8. The first-order chi connectivity index (χ1) is 16.4. The molecule has 1 aliphatic heterocycles. The number of carbonyl (C=O) groups is 2. The van der Waals surface area contributed by atoms with Crippen LogP contribution in [0.1, 0.15) is 71.3 Å². The van der Waals surface area contributed by atoms with E-state index in [1.165, 1.54) is 19.1 Å². The molecule has 190 valence electrons. The molecule has 1 aromatic carbocycles. The number of hydrogen-bond acceptors (Lipinski definition) is 2. The van der Waals surface area contributed by atoms with E-state index >= 15 is 0 Å². The minimum Gasteiger partial charge on any atom is -0.349 e. The SMILES string of the molecule is CC(CC(=O)[C@H]1CC[C@H]2[C@@H]3CCC4NC(=O)C=C[C@]4(C)[C@H]3CC[C@]12C)(c1ccccc1)C(F)(F)F. The van der Waals surface area contributed by atoms with Gasteiger partial charge in [-0.3, -0.25) is 9.59 Å². The van der Waals surface area contributed by atoms with E-state index in [9.17, 15) is 22.8 Å². The fourth-order valence-electron chi connectivity index (χ4n) is 8.51. The third-order valence-electron chi connectivity index (χ3n) is 10.6. The van der Waals surface area contributed by atoms with E-state index in [1.54, 1.807) is 24.3 Å². The Bertz CT molecular complexity index is 1040. The monoisotopic (exact) mass is 487 g/mol. The number of amides is 1. The predicted molar refractivity (Wildman–Crippen MR) is 128 cm³/mol. The molecule has 3 nitrogen and oxygen atoms in total. The number of carbonyl (C=O) groups excluding carboxylic acids is 2. The summed E-state index contributed by atoms with van der Waals surface area (Å²) in [5.41, 5.74) is -2.39. The fourth-order valence-corrected chi connectivity index (χ4v) is 8.51. The van der Waals surface area contributed by atoms with Crippen molar-refractivity contribution in [1.82, 2.24) is 5.32 Å². The van der Waals surface area contributed by atoms with E-state index < -0.39 is 18.0 Å². The summed E-state index contributed by atoms with van der Waals surface area (Å²) in [5.74, 6) is 0.621. The zero-order chi connectivity index (χ0) is 25.2. The minimum atomic E-state index is -4.51. The third kappa shape index (κ3) is 3.69. The lowest BCUT2D eigenvalue weighted by Gasteiger charge is -2.58. The van der Waals surface area contributed by atoms with E-state index in [2.05, 4.69) is 25.2 Å². The van der Waals surface area contributed by atoms with Crippen LogP contribution in [-0.4, -0.2) is 23.9 Å². The summed E-state index contributed by atoms with van der Waals surface area (Å²) in [6, 6.07) is 8.03. The maximum atomic E-state index is 14.3. The van der Waals surface area contributed by atoms with Crippen molar-refractivity contribution in [3.05, 3.63) is 48.0 Å². The molecule has 1 amide bonds. The molecule has 1 aromatic rings. The highest BCUT2D eigenvalue weighted by molar-refractivity contribution is 5.89. The molecular weight excluding hydrogens is 451 g/mol. The third-order valence-corrected chi connectivity index (χ3v) is 10.6. The van der Waals surface area contributed by atoms with Crippen LogP contribution in [0.2, 0.25) is 0 Å². The first-order valence-electron chi connectivity index (χ1n) is 13.0. The normalized spacial score (nSPS) is 40.2. The first kappa shape index (κ1) is 24.6. The number of alkyl halides is 3. The molecule has 3 saturated carbocycles. The Morgan fingerprint density at radius 3 is 2.43 bits per heavy atom. The summed E-state index contributed by atoms with van der Waals surface area (Å²) in [6.07, 6.45) is 4.05. The van der Waals surface area contributed by atoms with Crippen molar-refractivity contribution in [2.75, 3.05) is 0 Å². The van der Waals surface area contributed by atoms with Gasteiger partial charge in [-0.2, -0.15) is 13.2 Å². The van der Waals surface area contributed by atoms with Crippen LogP contribution in [0.5, 0.6) is 0 Å². The average Bonchev–Trinajstić information content (AvgIpc) is 3.16. The van der Waals surface area contributed by atoms with Gasteiger partial charge in [-0.05, 0) is 80.3 Å². The maximum absolute atomic E-state index is 14.3. The van der Waals surface area contributed by atoms with Crippen LogP contribution in [0.25, 0.3) is 0 Å².